The van der Waals surface area contributed by atoms with Gasteiger partial charge in [0.05, 0.1) is 22.2 Å². The van der Waals surface area contributed by atoms with Crippen molar-refractivity contribution >= 4 is 46.7 Å². The summed E-state index contributed by atoms with van der Waals surface area (Å²) in [7, 11) is 0. The number of nitrogens with zero attached hydrogens (tertiary/aromatic N) is 1. The van der Waals surface area contributed by atoms with Gasteiger partial charge in [0, 0.05) is 19.6 Å². The van der Waals surface area contributed by atoms with E-state index < -0.39 is 11.9 Å². The van der Waals surface area contributed by atoms with Crippen molar-refractivity contribution in [3.63, 3.8) is 0 Å². The predicted octanol–water partition coefficient (Wildman–Crippen LogP) is 1.85. The topological polar surface area (TPSA) is 90.5 Å². The number of urea groups is 1. The van der Waals surface area contributed by atoms with Crippen LogP contribution in [0.2, 0.25) is 10.0 Å². The standard InChI is InChI=1S/C15H18Cl2N4O3/c1-2-18-15(24)21-7-6-19-14(23)11(21)8-12(22)20-10-5-3-4-9(16)13(10)17/h3-5,11H,2,6-8H2,1H3,(H,18,24)(H,19,23)(H,20,22). The van der Waals surface area contributed by atoms with E-state index in [2.05, 4.69) is 16.0 Å². The van der Waals surface area contributed by atoms with Crippen LogP contribution in [-0.2, 0) is 9.59 Å². The Balaban J connectivity index is 2.08. The Bertz CT molecular complexity index is 654. The van der Waals surface area contributed by atoms with Crippen LogP contribution in [0, 0.1) is 0 Å². The minimum atomic E-state index is -0.872. The smallest absolute Gasteiger partial charge is 0.318 e. The number of benzene rings is 1. The van der Waals surface area contributed by atoms with Crippen LogP contribution in [0.3, 0.4) is 0 Å². The van der Waals surface area contributed by atoms with E-state index in [0.717, 1.165) is 0 Å². The van der Waals surface area contributed by atoms with E-state index in [0.29, 0.717) is 30.3 Å². The van der Waals surface area contributed by atoms with Crippen LogP contribution in [0.1, 0.15) is 13.3 Å². The van der Waals surface area contributed by atoms with Gasteiger partial charge in [-0.15, -0.1) is 0 Å². The molecule has 3 N–H and O–H groups in total. The first-order chi connectivity index (χ1) is 11.4. The highest BCUT2D eigenvalue weighted by Crippen LogP contribution is 2.29. The molecule has 1 aliphatic heterocycles. The predicted molar refractivity (Wildman–Crippen MR) is 92.3 cm³/mol. The molecular formula is C15H18Cl2N4O3. The number of halogens is 2. The SMILES string of the molecule is CCNC(=O)N1CCNC(=O)C1CC(=O)Nc1cccc(Cl)c1Cl. The molecule has 1 heterocycles. The van der Waals surface area contributed by atoms with Crippen LogP contribution in [-0.4, -0.2) is 48.4 Å². The minimum absolute atomic E-state index is 0.175. The number of amides is 4. The third-order valence-corrected chi connectivity index (χ3v) is 4.34. The number of rotatable bonds is 4. The third kappa shape index (κ3) is 4.30. The molecule has 4 amide bonds. The molecule has 1 aromatic carbocycles. The summed E-state index contributed by atoms with van der Waals surface area (Å²) in [5.41, 5.74) is 0.356. The summed E-state index contributed by atoms with van der Waals surface area (Å²) in [6, 6.07) is 3.62. The van der Waals surface area contributed by atoms with Crippen LogP contribution in [0.5, 0.6) is 0 Å². The maximum absolute atomic E-state index is 12.3. The minimum Gasteiger partial charge on any atom is -0.353 e. The number of hydrogen-bond donors (Lipinski definition) is 3. The van der Waals surface area contributed by atoms with Crippen molar-refractivity contribution in [2.24, 2.45) is 0 Å². The van der Waals surface area contributed by atoms with Crippen molar-refractivity contribution in [2.45, 2.75) is 19.4 Å². The van der Waals surface area contributed by atoms with Gasteiger partial charge < -0.3 is 20.9 Å². The molecule has 9 heteroatoms. The lowest BCUT2D eigenvalue weighted by Gasteiger charge is -2.34. The van der Waals surface area contributed by atoms with Gasteiger partial charge >= 0.3 is 6.03 Å². The van der Waals surface area contributed by atoms with Gasteiger partial charge in [-0.3, -0.25) is 9.59 Å². The van der Waals surface area contributed by atoms with Gasteiger partial charge in [-0.25, -0.2) is 4.79 Å². The van der Waals surface area contributed by atoms with E-state index in [1.807, 2.05) is 0 Å². The van der Waals surface area contributed by atoms with Crippen molar-refractivity contribution < 1.29 is 14.4 Å². The second-order valence-electron chi connectivity index (χ2n) is 5.19. The average molecular weight is 373 g/mol. The van der Waals surface area contributed by atoms with E-state index in [1.165, 1.54) is 4.90 Å². The molecule has 0 saturated carbocycles. The van der Waals surface area contributed by atoms with Crippen molar-refractivity contribution in [1.29, 1.82) is 0 Å². The maximum atomic E-state index is 12.3. The third-order valence-electron chi connectivity index (χ3n) is 3.52. The molecule has 130 valence electrons. The summed E-state index contributed by atoms with van der Waals surface area (Å²) in [5.74, 6) is -0.796. The molecule has 7 nitrogen and oxygen atoms in total. The van der Waals surface area contributed by atoms with Gasteiger partial charge in [0.2, 0.25) is 11.8 Å². The van der Waals surface area contributed by atoms with Crippen LogP contribution in [0.4, 0.5) is 10.5 Å². The monoisotopic (exact) mass is 372 g/mol. The highest BCUT2D eigenvalue weighted by Gasteiger charge is 2.34. The molecule has 1 fully saturated rings. The number of piperazine rings is 1. The van der Waals surface area contributed by atoms with Crippen LogP contribution in [0.25, 0.3) is 0 Å². The van der Waals surface area contributed by atoms with Gasteiger partial charge in [-0.05, 0) is 19.1 Å². The summed E-state index contributed by atoms with van der Waals surface area (Å²) in [5, 5.41) is 8.46. The van der Waals surface area contributed by atoms with E-state index >= 15 is 0 Å². The fourth-order valence-corrected chi connectivity index (χ4v) is 2.74. The highest BCUT2D eigenvalue weighted by molar-refractivity contribution is 6.44. The number of carbonyl (C=O) groups excluding carboxylic acids is 3. The van der Waals surface area contributed by atoms with Gasteiger partial charge in [-0.1, -0.05) is 29.3 Å². The summed E-state index contributed by atoms with van der Waals surface area (Å²) < 4.78 is 0. The molecule has 1 atom stereocenters. The van der Waals surface area contributed by atoms with Gasteiger partial charge in [0.15, 0.2) is 0 Å². The van der Waals surface area contributed by atoms with E-state index in [4.69, 9.17) is 23.2 Å². The lowest BCUT2D eigenvalue weighted by molar-refractivity contribution is -0.131. The first-order valence-corrected chi connectivity index (χ1v) is 8.25. The zero-order chi connectivity index (χ0) is 17.7. The molecule has 1 aromatic rings. The van der Waals surface area contributed by atoms with Crippen molar-refractivity contribution in [1.82, 2.24) is 15.5 Å². The molecule has 0 radical (unpaired) electrons. The zero-order valence-electron chi connectivity index (χ0n) is 13.1. The fourth-order valence-electron chi connectivity index (χ4n) is 2.39. The molecule has 0 aliphatic carbocycles. The van der Waals surface area contributed by atoms with Gasteiger partial charge in [0.1, 0.15) is 6.04 Å². The Morgan fingerprint density at radius 1 is 1.38 bits per heavy atom. The normalized spacial score (nSPS) is 17.2. The Labute approximate surface area is 149 Å². The van der Waals surface area contributed by atoms with E-state index in [-0.39, 0.29) is 23.4 Å². The van der Waals surface area contributed by atoms with E-state index in [1.54, 1.807) is 25.1 Å². The van der Waals surface area contributed by atoms with Crippen LogP contribution in [0.15, 0.2) is 18.2 Å². The Hall–Kier alpha value is -1.99. The quantitative estimate of drug-likeness (QED) is 0.753. The van der Waals surface area contributed by atoms with Crippen molar-refractivity contribution in [2.75, 3.05) is 25.0 Å². The number of carbonyl (C=O) groups is 3. The molecule has 1 unspecified atom stereocenters. The summed E-state index contributed by atoms with van der Waals surface area (Å²) in [6.45, 7) is 2.92. The zero-order valence-corrected chi connectivity index (χ0v) is 14.6. The highest BCUT2D eigenvalue weighted by atomic mass is 35.5. The van der Waals surface area contributed by atoms with E-state index in [9.17, 15) is 14.4 Å². The van der Waals surface area contributed by atoms with Crippen molar-refractivity contribution in [3.05, 3.63) is 28.2 Å². The van der Waals surface area contributed by atoms with Gasteiger partial charge in [-0.2, -0.15) is 0 Å². The van der Waals surface area contributed by atoms with Crippen LogP contribution >= 0.6 is 23.2 Å². The second-order valence-corrected chi connectivity index (χ2v) is 5.97. The second kappa shape index (κ2) is 8.21. The first-order valence-electron chi connectivity index (χ1n) is 7.50. The van der Waals surface area contributed by atoms with Crippen molar-refractivity contribution in [3.8, 4) is 0 Å². The molecular weight excluding hydrogens is 355 g/mol. The fraction of sp³-hybridized carbons (Fsp3) is 0.400. The molecule has 0 spiro atoms. The molecule has 1 aliphatic rings. The van der Waals surface area contributed by atoms with Crippen LogP contribution < -0.4 is 16.0 Å². The summed E-state index contributed by atoms with van der Waals surface area (Å²) in [6.07, 6.45) is -0.175. The largest absolute Gasteiger partial charge is 0.353 e. The molecule has 24 heavy (non-hydrogen) atoms. The Morgan fingerprint density at radius 2 is 2.12 bits per heavy atom. The first kappa shape index (κ1) is 18.4. The molecule has 0 aromatic heterocycles. The Kier molecular flexibility index (Phi) is 6.28. The molecule has 1 saturated heterocycles. The van der Waals surface area contributed by atoms with Gasteiger partial charge in [0.25, 0.3) is 0 Å². The number of hydrogen-bond acceptors (Lipinski definition) is 3. The maximum Gasteiger partial charge on any atom is 0.318 e. The molecule has 2 rings (SSSR count). The number of anilines is 1. The molecule has 0 bridgehead atoms. The lowest BCUT2D eigenvalue weighted by Crippen LogP contribution is -2.60. The Morgan fingerprint density at radius 3 is 2.83 bits per heavy atom. The average Bonchev–Trinajstić information content (AvgIpc) is 2.54. The number of nitrogens with one attached hydrogen (secondary N) is 3. The lowest BCUT2D eigenvalue weighted by atomic mass is 10.1. The summed E-state index contributed by atoms with van der Waals surface area (Å²) >= 11 is 11.9. The summed E-state index contributed by atoms with van der Waals surface area (Å²) in [4.78, 5) is 37.7.